The number of carbonyl (C=O) groups is 1. The van der Waals surface area contributed by atoms with Gasteiger partial charge in [0.05, 0.1) is 0 Å². The van der Waals surface area contributed by atoms with Gasteiger partial charge < -0.3 is 10.6 Å². The number of alkyl halides is 1. The largest absolute Gasteiger partial charge is 0.341 e. The van der Waals surface area contributed by atoms with Crippen LogP contribution in [0.25, 0.3) is 0 Å². The zero-order valence-corrected chi connectivity index (χ0v) is 11.5. The van der Waals surface area contributed by atoms with E-state index in [1.165, 1.54) is 0 Å². The summed E-state index contributed by atoms with van der Waals surface area (Å²) >= 11 is 2.32. The normalized spacial score (nSPS) is 11.5. The van der Waals surface area contributed by atoms with E-state index in [0.717, 1.165) is 17.4 Å². The maximum Gasteiger partial charge on any atom is 0.227 e. The molecule has 0 aliphatic heterocycles. The van der Waals surface area contributed by atoms with Gasteiger partial charge >= 0.3 is 0 Å². The topological polar surface area (TPSA) is 46.3 Å². The molecule has 3 nitrogen and oxygen atoms in total. The Morgan fingerprint density at radius 1 is 1.36 bits per heavy atom. The Morgan fingerprint density at radius 2 is 1.93 bits per heavy atom. The number of hydrogen-bond donors (Lipinski definition) is 1. The number of nitrogens with zero attached hydrogens (tertiary/aromatic N) is 1. The molecule has 0 atom stereocenters. The zero-order valence-electron chi connectivity index (χ0n) is 9.35. The van der Waals surface area contributed by atoms with Crippen LogP contribution in [0, 0.1) is 5.41 Å². The molecule has 0 spiro atoms. The lowest BCUT2D eigenvalue weighted by atomic mass is 9.94. The van der Waals surface area contributed by atoms with Crippen LogP contribution in [0.4, 0.5) is 0 Å². The van der Waals surface area contributed by atoms with Crippen molar-refractivity contribution in [3.8, 4) is 0 Å². The van der Waals surface area contributed by atoms with E-state index in [1.54, 1.807) is 0 Å². The second-order valence-corrected chi connectivity index (χ2v) is 5.45. The molecule has 0 aromatic carbocycles. The summed E-state index contributed by atoms with van der Waals surface area (Å²) in [6, 6.07) is 0. The highest BCUT2D eigenvalue weighted by Crippen LogP contribution is 2.17. The van der Waals surface area contributed by atoms with Crippen molar-refractivity contribution in [1.29, 1.82) is 0 Å². The van der Waals surface area contributed by atoms with Crippen LogP contribution in [0.2, 0.25) is 0 Å². The minimum atomic E-state index is -0.291. The van der Waals surface area contributed by atoms with Gasteiger partial charge in [0.1, 0.15) is 0 Å². The summed E-state index contributed by atoms with van der Waals surface area (Å²) in [5.74, 6) is 0.202. The molecular formula is C10H21IN2O. The van der Waals surface area contributed by atoms with Crippen LogP contribution in [0.3, 0.4) is 0 Å². The van der Waals surface area contributed by atoms with E-state index >= 15 is 0 Å². The molecule has 0 heterocycles. The van der Waals surface area contributed by atoms with Gasteiger partial charge in [0.2, 0.25) is 5.91 Å². The summed E-state index contributed by atoms with van der Waals surface area (Å²) in [6.07, 6.45) is 1.04. The highest BCUT2D eigenvalue weighted by molar-refractivity contribution is 14.1. The Morgan fingerprint density at radius 3 is 2.29 bits per heavy atom. The minimum Gasteiger partial charge on any atom is -0.341 e. The highest BCUT2D eigenvalue weighted by Gasteiger charge is 2.26. The van der Waals surface area contributed by atoms with E-state index < -0.39 is 0 Å². The monoisotopic (exact) mass is 312 g/mol. The Bertz CT molecular complexity index is 177. The molecule has 0 aliphatic rings. The number of rotatable bonds is 5. The van der Waals surface area contributed by atoms with Crippen molar-refractivity contribution in [3.05, 3.63) is 0 Å². The third kappa shape index (κ3) is 5.14. The molecule has 14 heavy (non-hydrogen) atoms. The van der Waals surface area contributed by atoms with Gasteiger partial charge in [0.25, 0.3) is 0 Å². The van der Waals surface area contributed by atoms with Crippen molar-refractivity contribution >= 4 is 28.5 Å². The van der Waals surface area contributed by atoms with Crippen LogP contribution in [0.15, 0.2) is 0 Å². The number of halogens is 1. The van der Waals surface area contributed by atoms with Crippen molar-refractivity contribution in [2.24, 2.45) is 11.1 Å². The molecule has 0 radical (unpaired) electrons. The zero-order chi connectivity index (χ0) is 11.2. The van der Waals surface area contributed by atoms with Crippen molar-refractivity contribution in [2.45, 2.75) is 27.2 Å². The fourth-order valence-corrected chi connectivity index (χ4v) is 1.54. The van der Waals surface area contributed by atoms with Gasteiger partial charge in [-0.25, -0.2) is 0 Å². The van der Waals surface area contributed by atoms with Gasteiger partial charge in [-0.05, 0) is 6.42 Å². The first kappa shape index (κ1) is 14.2. The lowest BCUT2D eigenvalue weighted by molar-refractivity contribution is -0.139. The van der Waals surface area contributed by atoms with E-state index in [0.29, 0.717) is 13.1 Å². The molecule has 1 amide bonds. The van der Waals surface area contributed by atoms with Crippen molar-refractivity contribution in [2.75, 3.05) is 24.1 Å². The van der Waals surface area contributed by atoms with Crippen LogP contribution < -0.4 is 5.73 Å². The van der Waals surface area contributed by atoms with Crippen LogP contribution in [0.5, 0.6) is 0 Å². The summed E-state index contributed by atoms with van der Waals surface area (Å²) in [6.45, 7) is 7.89. The van der Waals surface area contributed by atoms with E-state index in [-0.39, 0.29) is 11.3 Å². The van der Waals surface area contributed by atoms with Gasteiger partial charge in [0, 0.05) is 29.5 Å². The van der Waals surface area contributed by atoms with Gasteiger partial charge in [-0.2, -0.15) is 0 Å². The predicted molar refractivity (Wildman–Crippen MR) is 68.6 cm³/mol. The number of carbonyl (C=O) groups excluding carboxylic acids is 1. The minimum absolute atomic E-state index is 0.202. The van der Waals surface area contributed by atoms with Crippen molar-refractivity contribution in [3.63, 3.8) is 0 Å². The Balaban J connectivity index is 4.25. The fourth-order valence-electron chi connectivity index (χ4n) is 1.20. The van der Waals surface area contributed by atoms with Crippen LogP contribution >= 0.6 is 22.6 Å². The lowest BCUT2D eigenvalue weighted by Crippen LogP contribution is -2.42. The number of hydrogen-bond acceptors (Lipinski definition) is 2. The fraction of sp³-hybridized carbons (Fsp3) is 0.900. The average Bonchev–Trinajstić information content (AvgIpc) is 2.09. The van der Waals surface area contributed by atoms with Crippen LogP contribution in [-0.4, -0.2) is 34.9 Å². The van der Waals surface area contributed by atoms with Crippen LogP contribution in [-0.2, 0) is 4.79 Å². The second-order valence-electron chi connectivity index (χ2n) is 4.37. The Kier molecular flexibility index (Phi) is 6.68. The molecular weight excluding hydrogens is 291 g/mol. The molecule has 0 aromatic rings. The van der Waals surface area contributed by atoms with Gasteiger partial charge in [-0.1, -0.05) is 43.4 Å². The first-order chi connectivity index (χ1) is 6.43. The van der Waals surface area contributed by atoms with Crippen LogP contribution in [0.1, 0.15) is 27.2 Å². The molecule has 0 saturated carbocycles. The summed E-state index contributed by atoms with van der Waals surface area (Å²) in [4.78, 5) is 13.8. The Labute approximate surface area is 101 Å². The molecule has 0 aromatic heterocycles. The average molecular weight is 312 g/mol. The smallest absolute Gasteiger partial charge is 0.227 e. The van der Waals surface area contributed by atoms with Crippen molar-refractivity contribution < 1.29 is 4.79 Å². The summed E-state index contributed by atoms with van der Waals surface area (Å²) in [7, 11) is 0. The number of nitrogens with two attached hydrogens (primary N) is 1. The predicted octanol–water partition coefficient (Wildman–Crippen LogP) is 1.64. The first-order valence-electron chi connectivity index (χ1n) is 4.99. The highest BCUT2D eigenvalue weighted by atomic mass is 127. The number of amides is 1. The molecule has 0 rings (SSSR count). The standard InChI is InChI=1S/C10H21IN2O/c1-10(2,3)9(14)13(8-6-12)7-4-5-11/h4-8,12H2,1-3H3. The summed E-state index contributed by atoms with van der Waals surface area (Å²) in [5.41, 5.74) is 5.20. The van der Waals surface area contributed by atoms with Gasteiger partial charge in [-0.15, -0.1) is 0 Å². The molecule has 0 aliphatic carbocycles. The van der Waals surface area contributed by atoms with Gasteiger partial charge in [0.15, 0.2) is 0 Å². The molecule has 0 saturated heterocycles. The van der Waals surface area contributed by atoms with Crippen molar-refractivity contribution in [1.82, 2.24) is 4.90 Å². The van der Waals surface area contributed by atoms with E-state index in [9.17, 15) is 4.79 Å². The van der Waals surface area contributed by atoms with E-state index in [4.69, 9.17) is 5.73 Å². The first-order valence-corrected chi connectivity index (χ1v) is 6.51. The molecule has 0 fully saturated rings. The summed E-state index contributed by atoms with van der Waals surface area (Å²) in [5, 5.41) is 0. The maximum absolute atomic E-state index is 11.9. The third-order valence-electron chi connectivity index (χ3n) is 1.89. The van der Waals surface area contributed by atoms with E-state index in [1.807, 2.05) is 25.7 Å². The molecule has 4 heteroatoms. The molecule has 0 unspecified atom stereocenters. The third-order valence-corrected chi connectivity index (χ3v) is 2.65. The lowest BCUT2D eigenvalue weighted by Gasteiger charge is -2.29. The second kappa shape index (κ2) is 6.61. The SMILES string of the molecule is CC(C)(C)C(=O)N(CCN)CCCI. The Hall–Kier alpha value is 0.160. The molecule has 84 valence electrons. The quantitative estimate of drug-likeness (QED) is 0.620. The maximum atomic E-state index is 11.9. The summed E-state index contributed by atoms with van der Waals surface area (Å²) < 4.78 is 1.08. The molecule has 0 bridgehead atoms. The van der Waals surface area contributed by atoms with Gasteiger partial charge in [-0.3, -0.25) is 4.79 Å². The van der Waals surface area contributed by atoms with E-state index in [2.05, 4.69) is 22.6 Å². The molecule has 2 N–H and O–H groups in total.